The lowest BCUT2D eigenvalue weighted by molar-refractivity contribution is 0.413. The molecule has 3 aromatic heterocycles. The normalized spacial score (nSPS) is 11.0. The molecule has 130 valence electrons. The van der Waals surface area contributed by atoms with Gasteiger partial charge in [-0.2, -0.15) is 4.98 Å². The molecule has 0 aliphatic heterocycles. The molecule has 0 N–H and O–H groups in total. The van der Waals surface area contributed by atoms with Crippen LogP contribution in [0, 0.1) is 6.92 Å². The summed E-state index contributed by atoms with van der Waals surface area (Å²) >= 11 is 1.81. The van der Waals surface area contributed by atoms with Crippen LogP contribution in [-0.2, 0) is 11.5 Å². The van der Waals surface area contributed by atoms with Gasteiger partial charge in [0.15, 0.2) is 5.76 Å². The Labute approximate surface area is 155 Å². The van der Waals surface area contributed by atoms with Crippen LogP contribution >= 0.6 is 11.8 Å². The van der Waals surface area contributed by atoms with E-state index in [9.17, 15) is 0 Å². The van der Waals surface area contributed by atoms with Crippen molar-refractivity contribution in [3.8, 4) is 23.2 Å². The van der Waals surface area contributed by atoms with Crippen LogP contribution in [0.2, 0.25) is 0 Å². The molecule has 0 fully saturated rings. The van der Waals surface area contributed by atoms with Gasteiger partial charge in [-0.3, -0.25) is 4.98 Å². The van der Waals surface area contributed by atoms with Crippen molar-refractivity contribution < 1.29 is 8.94 Å². The highest BCUT2D eigenvalue weighted by atomic mass is 32.2. The van der Waals surface area contributed by atoms with Crippen LogP contribution in [-0.4, -0.2) is 15.1 Å². The van der Waals surface area contributed by atoms with Gasteiger partial charge in [-0.25, -0.2) is 0 Å². The molecule has 0 bridgehead atoms. The molecule has 1 aromatic carbocycles. The van der Waals surface area contributed by atoms with Gasteiger partial charge < -0.3 is 8.94 Å². The van der Waals surface area contributed by atoms with E-state index in [1.54, 1.807) is 18.0 Å². The fourth-order valence-corrected chi connectivity index (χ4v) is 3.33. The molecule has 6 heteroatoms. The van der Waals surface area contributed by atoms with Crippen LogP contribution in [0.25, 0.3) is 23.2 Å². The number of pyridine rings is 1. The molecule has 4 rings (SSSR count). The summed E-state index contributed by atoms with van der Waals surface area (Å²) in [6.07, 6.45) is 1.70. The fourth-order valence-electron chi connectivity index (χ4n) is 2.45. The average molecular weight is 363 g/mol. The van der Waals surface area contributed by atoms with Crippen molar-refractivity contribution in [1.82, 2.24) is 15.1 Å². The topological polar surface area (TPSA) is 65.0 Å². The van der Waals surface area contributed by atoms with Crippen LogP contribution in [0.5, 0.6) is 0 Å². The Balaban J connectivity index is 1.39. The number of thioether (sulfide) groups is 1. The van der Waals surface area contributed by atoms with Crippen molar-refractivity contribution in [3.05, 3.63) is 77.7 Å². The second-order valence-corrected chi connectivity index (χ2v) is 6.87. The van der Waals surface area contributed by atoms with Crippen molar-refractivity contribution in [1.29, 1.82) is 0 Å². The fraction of sp³-hybridized carbons (Fsp3) is 0.150. The Morgan fingerprint density at radius 1 is 0.962 bits per heavy atom. The molecule has 5 nitrogen and oxygen atoms in total. The summed E-state index contributed by atoms with van der Waals surface area (Å²) in [7, 11) is 0. The van der Waals surface area contributed by atoms with Gasteiger partial charge in [-0.05, 0) is 36.8 Å². The first kappa shape index (κ1) is 16.6. The number of furan rings is 1. The number of hydrogen-bond acceptors (Lipinski definition) is 6. The van der Waals surface area contributed by atoms with Crippen LogP contribution in [0.1, 0.15) is 16.9 Å². The smallest absolute Gasteiger partial charge is 0.293 e. The van der Waals surface area contributed by atoms with E-state index in [-0.39, 0.29) is 0 Å². The summed E-state index contributed by atoms with van der Waals surface area (Å²) in [5.74, 6) is 4.00. The van der Waals surface area contributed by atoms with Gasteiger partial charge in [0, 0.05) is 11.9 Å². The lowest BCUT2D eigenvalue weighted by atomic mass is 10.2. The zero-order chi connectivity index (χ0) is 17.8. The maximum atomic E-state index is 5.84. The van der Waals surface area contributed by atoms with Gasteiger partial charge in [-0.1, -0.05) is 41.1 Å². The first-order valence-electron chi connectivity index (χ1n) is 8.25. The first-order valence-corrected chi connectivity index (χ1v) is 9.41. The summed E-state index contributed by atoms with van der Waals surface area (Å²) in [6.45, 7) is 2.10. The van der Waals surface area contributed by atoms with Crippen LogP contribution in [0.15, 0.2) is 69.7 Å². The maximum Gasteiger partial charge on any atom is 0.293 e. The van der Waals surface area contributed by atoms with Gasteiger partial charge in [0.1, 0.15) is 11.5 Å². The Hall–Kier alpha value is -2.86. The third-order valence-electron chi connectivity index (χ3n) is 3.83. The number of aromatic nitrogens is 3. The van der Waals surface area contributed by atoms with Crippen molar-refractivity contribution in [2.45, 2.75) is 18.4 Å². The van der Waals surface area contributed by atoms with Gasteiger partial charge in [0.2, 0.25) is 5.82 Å². The van der Waals surface area contributed by atoms with E-state index in [0.29, 0.717) is 23.2 Å². The van der Waals surface area contributed by atoms with E-state index in [1.165, 1.54) is 11.1 Å². The molecular formula is C20H17N3O2S. The van der Waals surface area contributed by atoms with E-state index in [2.05, 4.69) is 46.3 Å². The minimum atomic E-state index is 0.362. The van der Waals surface area contributed by atoms with Gasteiger partial charge in [-0.15, -0.1) is 11.8 Å². The van der Waals surface area contributed by atoms with Gasteiger partial charge >= 0.3 is 0 Å². The predicted molar refractivity (Wildman–Crippen MR) is 101 cm³/mol. The number of rotatable bonds is 6. The third-order valence-corrected chi connectivity index (χ3v) is 4.85. The summed E-state index contributed by atoms with van der Waals surface area (Å²) in [5.41, 5.74) is 3.26. The molecule has 3 heterocycles. The molecule has 4 aromatic rings. The highest BCUT2D eigenvalue weighted by Gasteiger charge is 2.14. The summed E-state index contributed by atoms with van der Waals surface area (Å²) in [5, 5.41) is 3.97. The van der Waals surface area contributed by atoms with E-state index < -0.39 is 0 Å². The van der Waals surface area contributed by atoms with Crippen molar-refractivity contribution >= 4 is 11.8 Å². The molecule has 0 atom stereocenters. The number of aryl methyl sites for hydroxylation is 1. The van der Waals surface area contributed by atoms with E-state index in [1.807, 2.05) is 30.3 Å². The highest BCUT2D eigenvalue weighted by Crippen LogP contribution is 2.26. The lowest BCUT2D eigenvalue weighted by Gasteiger charge is -2.01. The maximum absolute atomic E-state index is 5.84. The molecule has 0 unspecified atom stereocenters. The second-order valence-electron chi connectivity index (χ2n) is 5.88. The van der Waals surface area contributed by atoms with E-state index in [0.717, 1.165) is 17.3 Å². The molecule has 0 radical (unpaired) electrons. The van der Waals surface area contributed by atoms with Crippen molar-refractivity contribution in [3.63, 3.8) is 0 Å². The molecule has 0 saturated heterocycles. The van der Waals surface area contributed by atoms with Crippen LogP contribution < -0.4 is 0 Å². The number of hydrogen-bond donors (Lipinski definition) is 0. The first-order chi connectivity index (χ1) is 12.8. The minimum Gasteiger partial charge on any atom is -0.455 e. The summed E-state index contributed by atoms with van der Waals surface area (Å²) < 4.78 is 11.1. The minimum absolute atomic E-state index is 0.362. The monoisotopic (exact) mass is 363 g/mol. The Kier molecular flexibility index (Phi) is 4.84. The zero-order valence-electron chi connectivity index (χ0n) is 14.3. The lowest BCUT2D eigenvalue weighted by Crippen LogP contribution is -1.83. The van der Waals surface area contributed by atoms with Crippen LogP contribution in [0.3, 0.4) is 0 Å². The quantitative estimate of drug-likeness (QED) is 0.473. The number of nitrogens with zero attached hydrogens (tertiary/aromatic N) is 3. The summed E-state index contributed by atoms with van der Waals surface area (Å²) in [4.78, 5) is 8.58. The van der Waals surface area contributed by atoms with E-state index >= 15 is 0 Å². The van der Waals surface area contributed by atoms with Crippen molar-refractivity contribution in [2.75, 3.05) is 0 Å². The molecule has 0 saturated carbocycles. The molecule has 26 heavy (non-hydrogen) atoms. The zero-order valence-corrected chi connectivity index (χ0v) is 15.1. The summed E-state index contributed by atoms with van der Waals surface area (Å²) in [6, 6.07) is 18.0. The van der Waals surface area contributed by atoms with E-state index in [4.69, 9.17) is 8.94 Å². The average Bonchev–Trinajstić information content (AvgIpc) is 3.33. The van der Waals surface area contributed by atoms with Crippen molar-refractivity contribution in [2.24, 2.45) is 0 Å². The number of benzene rings is 1. The molecular weight excluding hydrogens is 346 g/mol. The molecule has 0 aliphatic carbocycles. The molecule has 0 amide bonds. The standard InChI is InChI=1S/C20H17N3O2S/c1-14-5-7-15(8-6-14)12-26-13-16-9-10-18(24-16)20-22-19(23-25-20)17-4-2-3-11-21-17/h2-11H,12-13H2,1H3. The second kappa shape index (κ2) is 7.58. The third kappa shape index (κ3) is 3.86. The molecule has 0 aliphatic rings. The SMILES string of the molecule is Cc1ccc(CSCc2ccc(-c3nc(-c4ccccn4)no3)o2)cc1. The molecule has 0 spiro atoms. The van der Waals surface area contributed by atoms with Gasteiger partial charge in [0.05, 0.1) is 5.75 Å². The Bertz CT molecular complexity index is 978. The highest BCUT2D eigenvalue weighted by molar-refractivity contribution is 7.97. The largest absolute Gasteiger partial charge is 0.455 e. The Morgan fingerprint density at radius 3 is 2.65 bits per heavy atom. The Morgan fingerprint density at radius 2 is 1.85 bits per heavy atom. The van der Waals surface area contributed by atoms with Gasteiger partial charge in [0.25, 0.3) is 5.89 Å². The predicted octanol–water partition coefficient (Wildman–Crippen LogP) is 5.13. The van der Waals surface area contributed by atoms with Crippen LogP contribution in [0.4, 0.5) is 0 Å².